The Hall–Kier alpha value is -1.28. The van der Waals surface area contributed by atoms with Crippen LogP contribution in [0.2, 0.25) is 0 Å². The summed E-state index contributed by atoms with van der Waals surface area (Å²) < 4.78 is 5.46. The van der Waals surface area contributed by atoms with Crippen LogP contribution in [0.15, 0.2) is 36.9 Å². The minimum Gasteiger partial charge on any atom is -0.493 e. The summed E-state index contributed by atoms with van der Waals surface area (Å²) in [7, 11) is 0. The lowest BCUT2D eigenvalue weighted by atomic mass is 10.1. The third kappa shape index (κ3) is 3.76. The summed E-state index contributed by atoms with van der Waals surface area (Å²) in [4.78, 5) is 0. The zero-order valence-electron chi connectivity index (χ0n) is 9.15. The van der Waals surface area contributed by atoms with Crippen LogP contribution in [0.3, 0.4) is 0 Å². The maximum Gasteiger partial charge on any atom is 0.119 e. The maximum atomic E-state index is 9.58. The molecular formula is C13H18O2. The van der Waals surface area contributed by atoms with Crippen LogP contribution in [0, 0.1) is 0 Å². The summed E-state index contributed by atoms with van der Waals surface area (Å²) in [6.45, 7) is 6.24. The number of rotatable bonds is 6. The molecule has 0 bridgehead atoms. The van der Waals surface area contributed by atoms with Gasteiger partial charge in [0.2, 0.25) is 0 Å². The third-order valence-electron chi connectivity index (χ3n) is 2.24. The van der Waals surface area contributed by atoms with Crippen molar-refractivity contribution < 1.29 is 9.84 Å². The van der Waals surface area contributed by atoms with Crippen molar-refractivity contribution in [3.05, 3.63) is 42.5 Å². The van der Waals surface area contributed by atoms with E-state index < -0.39 is 0 Å². The van der Waals surface area contributed by atoms with Gasteiger partial charge in [-0.3, -0.25) is 0 Å². The number of benzene rings is 1. The number of aliphatic hydroxyl groups excluding tert-OH is 1. The van der Waals surface area contributed by atoms with Gasteiger partial charge in [0.15, 0.2) is 0 Å². The summed E-state index contributed by atoms with van der Waals surface area (Å²) in [6.07, 6.45) is 3.04. The third-order valence-corrected chi connectivity index (χ3v) is 2.24. The number of hydrogen-bond acceptors (Lipinski definition) is 2. The molecular weight excluding hydrogens is 188 g/mol. The fourth-order valence-corrected chi connectivity index (χ4v) is 1.28. The highest BCUT2D eigenvalue weighted by Crippen LogP contribution is 2.19. The van der Waals surface area contributed by atoms with Gasteiger partial charge in [-0.25, -0.2) is 0 Å². The van der Waals surface area contributed by atoms with Gasteiger partial charge in [-0.15, -0.1) is 6.58 Å². The molecule has 1 rings (SSSR count). The van der Waals surface area contributed by atoms with Crippen LogP contribution in [-0.2, 0) is 0 Å². The van der Waals surface area contributed by atoms with Crippen LogP contribution in [0.1, 0.15) is 31.4 Å². The molecule has 0 saturated carbocycles. The standard InChI is InChI=1S/C13H18O2/c1-3-5-10-15-12-8-6-11(7-9-12)13(14)4-2/h3,6-9,13-14H,1,4-5,10H2,2H3/t13-/m0/s1. The predicted octanol–water partition coefficient (Wildman–Crippen LogP) is 3.08. The Morgan fingerprint density at radius 3 is 2.60 bits per heavy atom. The normalized spacial score (nSPS) is 12.1. The van der Waals surface area contributed by atoms with E-state index in [1.165, 1.54) is 0 Å². The quantitative estimate of drug-likeness (QED) is 0.572. The molecule has 0 spiro atoms. The second-order valence-electron chi connectivity index (χ2n) is 3.42. The molecule has 1 N–H and O–H groups in total. The molecule has 1 aromatic rings. The van der Waals surface area contributed by atoms with Crippen molar-refractivity contribution in [1.82, 2.24) is 0 Å². The molecule has 15 heavy (non-hydrogen) atoms. The van der Waals surface area contributed by atoms with Gasteiger partial charge in [-0.1, -0.05) is 25.1 Å². The second kappa shape index (κ2) is 6.25. The first-order valence-corrected chi connectivity index (χ1v) is 5.29. The highest BCUT2D eigenvalue weighted by Gasteiger charge is 2.03. The molecule has 0 radical (unpaired) electrons. The molecule has 1 atom stereocenters. The molecule has 0 saturated heterocycles. The predicted molar refractivity (Wildman–Crippen MR) is 62.0 cm³/mol. The van der Waals surface area contributed by atoms with Gasteiger partial charge >= 0.3 is 0 Å². The van der Waals surface area contributed by atoms with Gasteiger partial charge in [0.1, 0.15) is 5.75 Å². The molecule has 0 unspecified atom stereocenters. The van der Waals surface area contributed by atoms with Crippen LogP contribution < -0.4 is 4.74 Å². The van der Waals surface area contributed by atoms with E-state index in [0.29, 0.717) is 6.61 Å². The van der Waals surface area contributed by atoms with Crippen LogP contribution in [0.5, 0.6) is 5.75 Å². The molecule has 2 heteroatoms. The van der Waals surface area contributed by atoms with Gasteiger partial charge in [0.25, 0.3) is 0 Å². The summed E-state index contributed by atoms with van der Waals surface area (Å²) in [5, 5.41) is 9.58. The molecule has 2 nitrogen and oxygen atoms in total. The molecule has 0 amide bonds. The lowest BCUT2D eigenvalue weighted by Gasteiger charge is -2.09. The van der Waals surface area contributed by atoms with Crippen molar-refractivity contribution >= 4 is 0 Å². The number of aliphatic hydroxyl groups is 1. The lowest BCUT2D eigenvalue weighted by molar-refractivity contribution is 0.173. The Balaban J connectivity index is 2.52. The van der Waals surface area contributed by atoms with E-state index >= 15 is 0 Å². The number of hydrogen-bond donors (Lipinski definition) is 1. The first-order chi connectivity index (χ1) is 7.27. The smallest absolute Gasteiger partial charge is 0.119 e. The van der Waals surface area contributed by atoms with E-state index in [1.807, 2.05) is 37.3 Å². The van der Waals surface area contributed by atoms with E-state index in [1.54, 1.807) is 0 Å². The molecule has 0 aliphatic rings. The zero-order valence-corrected chi connectivity index (χ0v) is 9.15. The van der Waals surface area contributed by atoms with Crippen LogP contribution >= 0.6 is 0 Å². The van der Waals surface area contributed by atoms with Crippen molar-refractivity contribution in [2.45, 2.75) is 25.9 Å². The monoisotopic (exact) mass is 206 g/mol. The van der Waals surface area contributed by atoms with Gasteiger partial charge in [-0.2, -0.15) is 0 Å². The SMILES string of the molecule is C=CCCOc1ccc([C@@H](O)CC)cc1. The van der Waals surface area contributed by atoms with Gasteiger partial charge in [0, 0.05) is 0 Å². The summed E-state index contributed by atoms with van der Waals surface area (Å²) in [5.41, 5.74) is 0.938. The summed E-state index contributed by atoms with van der Waals surface area (Å²) in [5.74, 6) is 0.837. The molecule has 0 aliphatic carbocycles. The molecule has 0 aromatic heterocycles. The first kappa shape index (κ1) is 11.8. The zero-order chi connectivity index (χ0) is 11.1. The Bertz CT molecular complexity index is 290. The lowest BCUT2D eigenvalue weighted by Crippen LogP contribution is -1.97. The van der Waals surface area contributed by atoms with Gasteiger partial charge < -0.3 is 9.84 Å². The largest absolute Gasteiger partial charge is 0.493 e. The molecule has 0 fully saturated rings. The minimum absolute atomic E-state index is 0.368. The van der Waals surface area contributed by atoms with E-state index in [2.05, 4.69) is 6.58 Å². The van der Waals surface area contributed by atoms with Gasteiger partial charge in [0.05, 0.1) is 12.7 Å². The summed E-state index contributed by atoms with van der Waals surface area (Å²) >= 11 is 0. The van der Waals surface area contributed by atoms with Gasteiger partial charge in [-0.05, 0) is 30.5 Å². The molecule has 1 aromatic carbocycles. The average Bonchev–Trinajstić information content (AvgIpc) is 2.29. The molecule has 82 valence electrons. The Labute approximate surface area is 91.2 Å². The fourth-order valence-electron chi connectivity index (χ4n) is 1.28. The number of ether oxygens (including phenoxy) is 1. The maximum absolute atomic E-state index is 9.58. The fraction of sp³-hybridized carbons (Fsp3) is 0.385. The van der Waals surface area contributed by atoms with E-state index in [-0.39, 0.29) is 6.10 Å². The Morgan fingerprint density at radius 2 is 2.07 bits per heavy atom. The van der Waals surface area contributed by atoms with Crippen molar-refractivity contribution in [3.8, 4) is 5.75 Å². The highest BCUT2D eigenvalue weighted by molar-refractivity contribution is 5.28. The minimum atomic E-state index is -0.368. The highest BCUT2D eigenvalue weighted by atomic mass is 16.5. The van der Waals surface area contributed by atoms with E-state index in [0.717, 1.165) is 24.2 Å². The van der Waals surface area contributed by atoms with Crippen molar-refractivity contribution in [1.29, 1.82) is 0 Å². The Morgan fingerprint density at radius 1 is 1.40 bits per heavy atom. The second-order valence-corrected chi connectivity index (χ2v) is 3.42. The van der Waals surface area contributed by atoms with Crippen LogP contribution in [-0.4, -0.2) is 11.7 Å². The average molecular weight is 206 g/mol. The van der Waals surface area contributed by atoms with Crippen molar-refractivity contribution in [3.63, 3.8) is 0 Å². The first-order valence-electron chi connectivity index (χ1n) is 5.29. The molecule has 0 aliphatic heterocycles. The van der Waals surface area contributed by atoms with Crippen LogP contribution in [0.25, 0.3) is 0 Å². The van der Waals surface area contributed by atoms with E-state index in [9.17, 15) is 5.11 Å². The van der Waals surface area contributed by atoms with Crippen LogP contribution in [0.4, 0.5) is 0 Å². The molecule has 0 heterocycles. The van der Waals surface area contributed by atoms with Crippen molar-refractivity contribution in [2.75, 3.05) is 6.61 Å². The Kier molecular flexibility index (Phi) is 4.91. The summed E-state index contributed by atoms with van der Waals surface area (Å²) in [6, 6.07) is 7.57. The van der Waals surface area contributed by atoms with Crippen molar-refractivity contribution in [2.24, 2.45) is 0 Å². The van der Waals surface area contributed by atoms with E-state index in [4.69, 9.17) is 4.74 Å². The topological polar surface area (TPSA) is 29.5 Å².